The molecule has 1 heterocycles. The Labute approximate surface area is 119 Å². The van der Waals surface area contributed by atoms with Crippen LogP contribution >= 0.6 is 11.8 Å². The Morgan fingerprint density at radius 2 is 2.21 bits per heavy atom. The Bertz CT molecular complexity index is 385. The molecule has 0 saturated carbocycles. The van der Waals surface area contributed by atoms with Gasteiger partial charge in [-0.15, -0.1) is 0 Å². The fourth-order valence-corrected chi connectivity index (χ4v) is 2.09. The van der Waals surface area contributed by atoms with E-state index in [1.165, 1.54) is 0 Å². The second-order valence-corrected chi connectivity index (χ2v) is 5.30. The molecule has 1 aromatic rings. The number of nitrogens with one attached hydrogen (secondary N) is 2. The van der Waals surface area contributed by atoms with Crippen LogP contribution in [0.25, 0.3) is 0 Å². The van der Waals surface area contributed by atoms with Crippen LogP contribution in [0.3, 0.4) is 0 Å². The third-order valence-electron chi connectivity index (χ3n) is 2.63. The summed E-state index contributed by atoms with van der Waals surface area (Å²) in [5.41, 5.74) is 1.43. The average molecular weight is 281 g/mol. The van der Waals surface area contributed by atoms with Crippen molar-refractivity contribution in [2.75, 3.05) is 30.4 Å². The van der Waals surface area contributed by atoms with E-state index < -0.39 is 0 Å². The van der Waals surface area contributed by atoms with E-state index in [0.717, 1.165) is 37.2 Å². The van der Waals surface area contributed by atoms with Crippen LogP contribution in [0.4, 0.5) is 5.69 Å². The van der Waals surface area contributed by atoms with Gasteiger partial charge in [-0.05, 0) is 43.4 Å². The van der Waals surface area contributed by atoms with Gasteiger partial charge >= 0.3 is 0 Å². The standard InChI is InChI=1S/C14H23N3OS/c1-3-7-15-12-6-9-16-13(11-12)14(18)17-8-4-5-10-19-2/h6,9,11H,3-5,7-8,10H2,1-2H3,(H,15,16)(H,17,18). The Hall–Kier alpha value is -1.23. The first kappa shape index (κ1) is 15.8. The van der Waals surface area contributed by atoms with Crippen molar-refractivity contribution >= 4 is 23.4 Å². The van der Waals surface area contributed by atoms with Gasteiger partial charge in [-0.1, -0.05) is 6.92 Å². The summed E-state index contributed by atoms with van der Waals surface area (Å²) in [6.45, 7) is 3.73. The highest BCUT2D eigenvalue weighted by molar-refractivity contribution is 7.98. The van der Waals surface area contributed by atoms with Gasteiger partial charge in [-0.25, -0.2) is 0 Å². The molecule has 0 aliphatic rings. The molecule has 1 amide bonds. The van der Waals surface area contributed by atoms with Gasteiger partial charge in [0, 0.05) is 25.0 Å². The maximum atomic E-state index is 11.9. The zero-order valence-electron chi connectivity index (χ0n) is 11.7. The maximum absolute atomic E-state index is 11.9. The molecule has 0 spiro atoms. The van der Waals surface area contributed by atoms with Gasteiger partial charge in [-0.2, -0.15) is 11.8 Å². The summed E-state index contributed by atoms with van der Waals surface area (Å²) in [6.07, 6.45) is 6.96. The van der Waals surface area contributed by atoms with Gasteiger partial charge in [0.2, 0.25) is 0 Å². The van der Waals surface area contributed by atoms with Crippen molar-refractivity contribution in [2.24, 2.45) is 0 Å². The molecule has 0 unspecified atom stereocenters. The molecule has 2 N–H and O–H groups in total. The van der Waals surface area contributed by atoms with Gasteiger partial charge < -0.3 is 10.6 Å². The van der Waals surface area contributed by atoms with Crippen LogP contribution in [0.15, 0.2) is 18.3 Å². The van der Waals surface area contributed by atoms with Crippen molar-refractivity contribution in [2.45, 2.75) is 26.2 Å². The second-order valence-electron chi connectivity index (χ2n) is 4.31. The van der Waals surface area contributed by atoms with Crippen LogP contribution < -0.4 is 10.6 Å². The van der Waals surface area contributed by atoms with Crippen molar-refractivity contribution in [3.05, 3.63) is 24.0 Å². The predicted molar refractivity (Wildman–Crippen MR) is 83.0 cm³/mol. The van der Waals surface area contributed by atoms with Crippen LogP contribution in [0.2, 0.25) is 0 Å². The minimum absolute atomic E-state index is 0.0932. The molecule has 0 aliphatic heterocycles. The number of anilines is 1. The van der Waals surface area contributed by atoms with E-state index in [4.69, 9.17) is 0 Å². The van der Waals surface area contributed by atoms with Crippen molar-refractivity contribution in [1.29, 1.82) is 0 Å². The summed E-state index contributed by atoms with van der Waals surface area (Å²) in [6, 6.07) is 3.68. The molecule has 106 valence electrons. The summed E-state index contributed by atoms with van der Waals surface area (Å²) in [5, 5.41) is 6.15. The van der Waals surface area contributed by atoms with Crippen LogP contribution in [0, 0.1) is 0 Å². The number of hydrogen-bond acceptors (Lipinski definition) is 4. The Morgan fingerprint density at radius 1 is 1.37 bits per heavy atom. The number of unbranched alkanes of at least 4 members (excludes halogenated alkanes) is 1. The highest BCUT2D eigenvalue weighted by Gasteiger charge is 2.06. The lowest BCUT2D eigenvalue weighted by molar-refractivity contribution is 0.0948. The Kier molecular flexibility index (Phi) is 8.05. The summed E-state index contributed by atoms with van der Waals surface area (Å²) in [4.78, 5) is 16.0. The molecule has 0 aromatic carbocycles. The third kappa shape index (κ3) is 6.47. The van der Waals surface area contributed by atoms with E-state index in [-0.39, 0.29) is 5.91 Å². The minimum Gasteiger partial charge on any atom is -0.385 e. The quantitative estimate of drug-likeness (QED) is 0.683. The second kappa shape index (κ2) is 9.67. The van der Waals surface area contributed by atoms with Crippen molar-refractivity contribution in [3.63, 3.8) is 0 Å². The summed E-state index contributed by atoms with van der Waals surface area (Å²) < 4.78 is 0. The van der Waals surface area contributed by atoms with E-state index in [9.17, 15) is 4.79 Å². The van der Waals surface area contributed by atoms with Gasteiger partial charge in [0.25, 0.3) is 5.91 Å². The lowest BCUT2D eigenvalue weighted by Gasteiger charge is -2.07. The zero-order valence-corrected chi connectivity index (χ0v) is 12.6. The zero-order chi connectivity index (χ0) is 13.9. The SMILES string of the molecule is CCCNc1ccnc(C(=O)NCCCCSC)c1. The molecule has 0 aliphatic carbocycles. The fourth-order valence-electron chi connectivity index (χ4n) is 1.60. The van der Waals surface area contributed by atoms with Crippen molar-refractivity contribution in [1.82, 2.24) is 10.3 Å². The van der Waals surface area contributed by atoms with Crippen molar-refractivity contribution in [3.8, 4) is 0 Å². The lowest BCUT2D eigenvalue weighted by atomic mass is 10.3. The Balaban J connectivity index is 2.38. The van der Waals surface area contributed by atoms with E-state index in [1.807, 2.05) is 17.8 Å². The fraction of sp³-hybridized carbons (Fsp3) is 0.571. The van der Waals surface area contributed by atoms with E-state index in [0.29, 0.717) is 12.2 Å². The van der Waals surface area contributed by atoms with Crippen molar-refractivity contribution < 1.29 is 4.79 Å². The molecule has 4 nitrogen and oxygen atoms in total. The summed E-state index contributed by atoms with van der Waals surface area (Å²) in [7, 11) is 0. The molecule has 0 fully saturated rings. The number of nitrogens with zero attached hydrogens (tertiary/aromatic N) is 1. The molecule has 1 rings (SSSR count). The number of hydrogen-bond donors (Lipinski definition) is 2. The predicted octanol–water partition coefficient (Wildman–Crippen LogP) is 2.78. The van der Waals surface area contributed by atoms with Gasteiger partial charge in [0.1, 0.15) is 5.69 Å². The molecule has 5 heteroatoms. The number of carbonyl (C=O) groups excluding carboxylic acids is 1. The van der Waals surface area contributed by atoms with Crippen LogP contribution in [0.1, 0.15) is 36.7 Å². The van der Waals surface area contributed by atoms with E-state index in [1.54, 1.807) is 12.3 Å². The van der Waals surface area contributed by atoms with E-state index >= 15 is 0 Å². The molecule has 0 radical (unpaired) electrons. The first-order valence-electron chi connectivity index (χ1n) is 6.75. The van der Waals surface area contributed by atoms with E-state index in [2.05, 4.69) is 28.8 Å². The molecule has 1 aromatic heterocycles. The third-order valence-corrected chi connectivity index (χ3v) is 3.33. The van der Waals surface area contributed by atoms with Gasteiger partial charge in [0.05, 0.1) is 0 Å². The maximum Gasteiger partial charge on any atom is 0.269 e. The Morgan fingerprint density at radius 3 is 2.95 bits per heavy atom. The average Bonchev–Trinajstić information content (AvgIpc) is 2.45. The summed E-state index contributed by atoms with van der Waals surface area (Å²) >= 11 is 1.83. The summed E-state index contributed by atoms with van der Waals surface area (Å²) in [5.74, 6) is 1.05. The highest BCUT2D eigenvalue weighted by Crippen LogP contribution is 2.08. The number of rotatable bonds is 9. The smallest absolute Gasteiger partial charge is 0.269 e. The number of amides is 1. The molecule has 0 bridgehead atoms. The lowest BCUT2D eigenvalue weighted by Crippen LogP contribution is -2.25. The minimum atomic E-state index is -0.0932. The molecule has 19 heavy (non-hydrogen) atoms. The molecule has 0 atom stereocenters. The molecular weight excluding hydrogens is 258 g/mol. The molecule has 0 saturated heterocycles. The first-order chi connectivity index (χ1) is 9.27. The monoisotopic (exact) mass is 281 g/mol. The highest BCUT2D eigenvalue weighted by atomic mass is 32.2. The number of thioether (sulfide) groups is 1. The van der Waals surface area contributed by atoms with Gasteiger partial charge in [-0.3, -0.25) is 9.78 Å². The molecular formula is C14H23N3OS. The number of aromatic nitrogens is 1. The number of carbonyl (C=O) groups is 1. The topological polar surface area (TPSA) is 54.0 Å². The van der Waals surface area contributed by atoms with Crippen LogP contribution in [-0.2, 0) is 0 Å². The number of pyridine rings is 1. The normalized spacial score (nSPS) is 10.2. The van der Waals surface area contributed by atoms with Gasteiger partial charge in [0.15, 0.2) is 0 Å². The largest absolute Gasteiger partial charge is 0.385 e. The first-order valence-corrected chi connectivity index (χ1v) is 8.14. The van der Waals surface area contributed by atoms with Crippen LogP contribution in [0.5, 0.6) is 0 Å². The van der Waals surface area contributed by atoms with Crippen LogP contribution in [-0.4, -0.2) is 36.0 Å².